The fraction of sp³-hybridized carbons (Fsp3) is 0.423. The number of aliphatic hydroxyl groups is 1. The molecule has 1 aliphatic rings. The van der Waals surface area contributed by atoms with Gasteiger partial charge in [0.25, 0.3) is 0 Å². The van der Waals surface area contributed by atoms with E-state index >= 15 is 0 Å². The summed E-state index contributed by atoms with van der Waals surface area (Å²) in [6, 6.07) is 11.5. The molecule has 1 aliphatic carbocycles. The number of hydrogen-bond acceptors (Lipinski definition) is 3. The SMILES string of the molecule is COC(=O)c1ccc(C#CC(O)c2ccc3c(c2)C(C)(C)CCC3(C)C)c(C)c1. The first kappa shape index (κ1) is 21.1. The second-order valence-corrected chi connectivity index (χ2v) is 9.27. The number of aliphatic hydroxyl groups excluding tert-OH is 1. The van der Waals surface area contributed by atoms with Crippen LogP contribution in [0.2, 0.25) is 0 Å². The molecular formula is C26H30O3. The van der Waals surface area contributed by atoms with E-state index in [1.54, 1.807) is 18.2 Å². The molecule has 2 aromatic carbocycles. The summed E-state index contributed by atoms with van der Waals surface area (Å²) in [6.07, 6.45) is 1.43. The lowest BCUT2D eigenvalue weighted by Gasteiger charge is -2.42. The Bertz CT molecular complexity index is 1000. The van der Waals surface area contributed by atoms with Crippen molar-refractivity contribution in [3.63, 3.8) is 0 Å². The molecule has 0 spiro atoms. The van der Waals surface area contributed by atoms with Gasteiger partial charge in [-0.1, -0.05) is 57.7 Å². The van der Waals surface area contributed by atoms with Gasteiger partial charge in [0.05, 0.1) is 12.7 Å². The van der Waals surface area contributed by atoms with Crippen LogP contribution in [-0.2, 0) is 15.6 Å². The van der Waals surface area contributed by atoms with E-state index in [2.05, 4.69) is 51.7 Å². The van der Waals surface area contributed by atoms with Gasteiger partial charge in [-0.25, -0.2) is 4.79 Å². The minimum Gasteiger partial charge on any atom is -0.465 e. The summed E-state index contributed by atoms with van der Waals surface area (Å²) in [5, 5.41) is 10.7. The van der Waals surface area contributed by atoms with Crippen molar-refractivity contribution in [1.29, 1.82) is 0 Å². The molecule has 0 heterocycles. The lowest BCUT2D eigenvalue weighted by molar-refractivity contribution is 0.0600. The number of esters is 1. The number of benzene rings is 2. The van der Waals surface area contributed by atoms with Crippen LogP contribution < -0.4 is 0 Å². The summed E-state index contributed by atoms with van der Waals surface area (Å²) >= 11 is 0. The van der Waals surface area contributed by atoms with Gasteiger partial charge in [-0.15, -0.1) is 0 Å². The zero-order chi connectivity index (χ0) is 21.4. The third-order valence-electron chi connectivity index (χ3n) is 6.18. The van der Waals surface area contributed by atoms with Gasteiger partial charge >= 0.3 is 5.97 Å². The molecule has 0 saturated carbocycles. The maximum Gasteiger partial charge on any atom is 0.337 e. The molecule has 29 heavy (non-hydrogen) atoms. The van der Waals surface area contributed by atoms with Gasteiger partial charge in [-0.05, 0) is 71.0 Å². The Labute approximate surface area is 174 Å². The molecule has 0 aromatic heterocycles. The largest absolute Gasteiger partial charge is 0.465 e. The molecule has 3 nitrogen and oxygen atoms in total. The van der Waals surface area contributed by atoms with E-state index in [0.29, 0.717) is 5.56 Å². The molecule has 1 unspecified atom stereocenters. The van der Waals surface area contributed by atoms with Crippen LogP contribution in [0.4, 0.5) is 0 Å². The second kappa shape index (κ2) is 7.69. The molecule has 2 aromatic rings. The predicted octanol–water partition coefficient (Wildman–Crippen LogP) is 5.22. The van der Waals surface area contributed by atoms with Gasteiger partial charge in [0.2, 0.25) is 0 Å². The van der Waals surface area contributed by atoms with E-state index in [-0.39, 0.29) is 16.8 Å². The average molecular weight is 391 g/mol. The van der Waals surface area contributed by atoms with Crippen LogP contribution in [0.25, 0.3) is 0 Å². The van der Waals surface area contributed by atoms with Crippen LogP contribution in [0.5, 0.6) is 0 Å². The van der Waals surface area contributed by atoms with Crippen LogP contribution in [0.15, 0.2) is 36.4 Å². The standard InChI is InChI=1S/C26H30O3/c1-17-15-20(24(28)29-6)8-7-18(17)10-12-23(27)19-9-11-21-22(16-19)26(4,5)14-13-25(21,2)3/h7-9,11,15-16,23,27H,13-14H2,1-6H3. The molecule has 1 N–H and O–H groups in total. The molecule has 0 bridgehead atoms. The van der Waals surface area contributed by atoms with E-state index in [4.69, 9.17) is 4.74 Å². The highest BCUT2D eigenvalue weighted by Gasteiger charge is 2.37. The molecule has 0 amide bonds. The van der Waals surface area contributed by atoms with E-state index in [1.165, 1.54) is 18.2 Å². The molecule has 0 aliphatic heterocycles. The van der Waals surface area contributed by atoms with E-state index in [9.17, 15) is 9.90 Å². The predicted molar refractivity (Wildman–Crippen MR) is 116 cm³/mol. The number of ether oxygens (including phenoxy) is 1. The molecule has 1 atom stereocenters. The van der Waals surface area contributed by atoms with Crippen molar-refractivity contribution in [1.82, 2.24) is 0 Å². The van der Waals surface area contributed by atoms with Crippen LogP contribution in [0.1, 0.15) is 84.8 Å². The van der Waals surface area contributed by atoms with Gasteiger partial charge in [0, 0.05) is 5.56 Å². The molecule has 0 fully saturated rings. The Balaban J connectivity index is 1.90. The summed E-state index contributed by atoms with van der Waals surface area (Å²) in [6.45, 7) is 11.0. The van der Waals surface area contributed by atoms with Crippen LogP contribution in [-0.4, -0.2) is 18.2 Å². The normalized spacial score (nSPS) is 17.5. The second-order valence-electron chi connectivity index (χ2n) is 9.27. The summed E-state index contributed by atoms with van der Waals surface area (Å²) in [5.41, 5.74) is 5.91. The zero-order valence-corrected chi connectivity index (χ0v) is 18.2. The highest BCUT2D eigenvalue weighted by atomic mass is 16.5. The molecule has 3 heteroatoms. The number of fused-ring (bicyclic) bond motifs is 1. The van der Waals surface area contributed by atoms with Gasteiger partial charge < -0.3 is 9.84 Å². The summed E-state index contributed by atoms with van der Waals surface area (Å²) in [7, 11) is 1.36. The molecule has 0 radical (unpaired) electrons. The van der Waals surface area contributed by atoms with Crippen molar-refractivity contribution in [2.45, 2.75) is 64.4 Å². The highest BCUT2D eigenvalue weighted by Crippen LogP contribution is 2.46. The number of aryl methyl sites for hydroxylation is 1. The van der Waals surface area contributed by atoms with Crippen LogP contribution >= 0.6 is 0 Å². The fourth-order valence-electron chi connectivity index (χ4n) is 4.05. The van der Waals surface area contributed by atoms with Crippen molar-refractivity contribution in [3.05, 3.63) is 69.8 Å². The molecule has 0 saturated heterocycles. The number of carbonyl (C=O) groups excluding carboxylic acids is 1. The Morgan fingerprint density at radius 1 is 1.03 bits per heavy atom. The number of carbonyl (C=O) groups is 1. The lowest BCUT2D eigenvalue weighted by Crippen LogP contribution is -2.34. The average Bonchev–Trinajstić information content (AvgIpc) is 2.69. The maximum absolute atomic E-state index is 11.6. The van der Waals surface area contributed by atoms with Gasteiger partial charge in [0.1, 0.15) is 6.10 Å². The zero-order valence-electron chi connectivity index (χ0n) is 18.2. The molecular weight excluding hydrogens is 360 g/mol. The smallest absolute Gasteiger partial charge is 0.337 e. The third-order valence-corrected chi connectivity index (χ3v) is 6.18. The minimum absolute atomic E-state index is 0.0916. The number of hydrogen-bond donors (Lipinski definition) is 1. The first-order chi connectivity index (χ1) is 13.5. The number of rotatable bonds is 2. The Kier molecular flexibility index (Phi) is 5.61. The topological polar surface area (TPSA) is 46.5 Å². The first-order valence-electron chi connectivity index (χ1n) is 10.1. The summed E-state index contributed by atoms with van der Waals surface area (Å²) < 4.78 is 4.75. The molecule has 152 valence electrons. The third kappa shape index (κ3) is 4.23. The van der Waals surface area contributed by atoms with Crippen LogP contribution in [0, 0.1) is 18.8 Å². The van der Waals surface area contributed by atoms with Gasteiger partial charge in [-0.2, -0.15) is 0 Å². The fourth-order valence-corrected chi connectivity index (χ4v) is 4.05. The van der Waals surface area contributed by atoms with E-state index < -0.39 is 6.10 Å². The Hall–Kier alpha value is -2.57. The van der Waals surface area contributed by atoms with Crippen molar-refractivity contribution in [2.75, 3.05) is 7.11 Å². The summed E-state index contributed by atoms with van der Waals surface area (Å²) in [5.74, 6) is 5.65. The van der Waals surface area contributed by atoms with Crippen molar-refractivity contribution < 1.29 is 14.6 Å². The maximum atomic E-state index is 11.6. The van der Waals surface area contributed by atoms with Gasteiger partial charge in [-0.3, -0.25) is 0 Å². The van der Waals surface area contributed by atoms with E-state index in [0.717, 1.165) is 29.5 Å². The van der Waals surface area contributed by atoms with Crippen LogP contribution in [0.3, 0.4) is 0 Å². The van der Waals surface area contributed by atoms with E-state index in [1.807, 2.05) is 13.0 Å². The Morgan fingerprint density at radius 3 is 2.31 bits per heavy atom. The highest BCUT2D eigenvalue weighted by molar-refractivity contribution is 5.89. The molecule has 3 rings (SSSR count). The number of methoxy groups -OCH3 is 1. The van der Waals surface area contributed by atoms with Crippen molar-refractivity contribution >= 4 is 5.97 Å². The monoisotopic (exact) mass is 390 g/mol. The summed E-state index contributed by atoms with van der Waals surface area (Å²) in [4.78, 5) is 11.6. The first-order valence-corrected chi connectivity index (χ1v) is 10.1. The minimum atomic E-state index is -0.860. The van der Waals surface area contributed by atoms with Crippen molar-refractivity contribution in [3.8, 4) is 11.8 Å². The lowest BCUT2D eigenvalue weighted by atomic mass is 9.63. The van der Waals surface area contributed by atoms with Gasteiger partial charge in [0.15, 0.2) is 0 Å². The van der Waals surface area contributed by atoms with Crippen molar-refractivity contribution in [2.24, 2.45) is 0 Å². The quantitative estimate of drug-likeness (QED) is 0.565. The Morgan fingerprint density at radius 2 is 1.69 bits per heavy atom.